The number of fused-ring (bicyclic) bond motifs is 1. The van der Waals surface area contributed by atoms with Crippen LogP contribution in [0.15, 0.2) is 30.3 Å². The minimum absolute atomic E-state index is 0.110. The predicted molar refractivity (Wildman–Crippen MR) is 77.7 cm³/mol. The molecule has 1 aliphatic rings. The van der Waals surface area contributed by atoms with Crippen molar-refractivity contribution >= 4 is 17.3 Å². The lowest BCUT2D eigenvalue weighted by Gasteiger charge is -2.11. The fraction of sp³-hybridized carbons (Fsp3) is 0.133. The number of aromatic hydroxyl groups is 1. The standard InChI is InChI=1S/C15H11ClN2O3/c16-11-2-1-9(6-17)3-12(11)18-7-10-4-14-15(5-13(10)19)21-8-20-14/h1-5,18-19H,7-8H2. The maximum atomic E-state index is 9.96. The topological polar surface area (TPSA) is 74.5 Å². The molecule has 2 aromatic carbocycles. The normalized spacial score (nSPS) is 12.0. The Morgan fingerprint density at radius 3 is 2.76 bits per heavy atom. The van der Waals surface area contributed by atoms with Gasteiger partial charge in [-0.05, 0) is 24.3 Å². The molecule has 6 heteroatoms. The zero-order valence-electron chi connectivity index (χ0n) is 10.9. The molecular weight excluding hydrogens is 292 g/mol. The van der Waals surface area contributed by atoms with E-state index in [1.54, 1.807) is 24.3 Å². The summed E-state index contributed by atoms with van der Waals surface area (Å²) in [5, 5.41) is 22.5. The first-order valence-corrected chi connectivity index (χ1v) is 6.60. The summed E-state index contributed by atoms with van der Waals surface area (Å²) in [6.45, 7) is 0.499. The lowest BCUT2D eigenvalue weighted by Crippen LogP contribution is -2.01. The Morgan fingerprint density at radius 1 is 1.24 bits per heavy atom. The number of hydrogen-bond donors (Lipinski definition) is 2. The maximum absolute atomic E-state index is 9.96. The molecule has 1 aliphatic heterocycles. The van der Waals surface area contributed by atoms with E-state index in [1.807, 2.05) is 0 Å². The van der Waals surface area contributed by atoms with Crippen molar-refractivity contribution in [3.05, 3.63) is 46.5 Å². The van der Waals surface area contributed by atoms with E-state index in [-0.39, 0.29) is 12.5 Å². The van der Waals surface area contributed by atoms with Crippen LogP contribution in [0.5, 0.6) is 17.2 Å². The smallest absolute Gasteiger partial charge is 0.231 e. The Labute approximate surface area is 126 Å². The third kappa shape index (κ3) is 2.67. The molecule has 0 aromatic heterocycles. The maximum Gasteiger partial charge on any atom is 0.231 e. The third-order valence-electron chi connectivity index (χ3n) is 3.14. The van der Waals surface area contributed by atoms with E-state index in [0.717, 1.165) is 0 Å². The average molecular weight is 303 g/mol. The summed E-state index contributed by atoms with van der Waals surface area (Å²) in [5.41, 5.74) is 1.79. The van der Waals surface area contributed by atoms with Crippen LogP contribution in [0.4, 0.5) is 5.69 Å². The van der Waals surface area contributed by atoms with Gasteiger partial charge >= 0.3 is 0 Å². The Kier molecular flexibility index (Phi) is 3.46. The van der Waals surface area contributed by atoms with Crippen molar-refractivity contribution in [3.8, 4) is 23.3 Å². The van der Waals surface area contributed by atoms with E-state index in [0.29, 0.717) is 39.9 Å². The minimum atomic E-state index is 0.110. The number of anilines is 1. The van der Waals surface area contributed by atoms with E-state index in [2.05, 4.69) is 11.4 Å². The zero-order chi connectivity index (χ0) is 14.8. The van der Waals surface area contributed by atoms with Crippen molar-refractivity contribution in [2.24, 2.45) is 0 Å². The van der Waals surface area contributed by atoms with Crippen LogP contribution in [0, 0.1) is 11.3 Å². The fourth-order valence-corrected chi connectivity index (χ4v) is 2.22. The number of halogens is 1. The molecule has 0 aliphatic carbocycles. The predicted octanol–water partition coefficient (Wildman–Crippen LogP) is 3.26. The van der Waals surface area contributed by atoms with Crippen LogP contribution in [0.1, 0.15) is 11.1 Å². The first kappa shape index (κ1) is 13.4. The zero-order valence-corrected chi connectivity index (χ0v) is 11.6. The van der Waals surface area contributed by atoms with Gasteiger partial charge in [-0.2, -0.15) is 5.26 Å². The second-order valence-corrected chi connectivity index (χ2v) is 4.90. The van der Waals surface area contributed by atoms with Gasteiger partial charge in [0.2, 0.25) is 6.79 Å². The third-order valence-corrected chi connectivity index (χ3v) is 3.47. The van der Waals surface area contributed by atoms with Crippen LogP contribution in [-0.4, -0.2) is 11.9 Å². The molecule has 0 unspecified atom stereocenters. The van der Waals surface area contributed by atoms with Gasteiger partial charge < -0.3 is 19.9 Å². The number of benzene rings is 2. The van der Waals surface area contributed by atoms with E-state index >= 15 is 0 Å². The van der Waals surface area contributed by atoms with Gasteiger partial charge in [-0.15, -0.1) is 0 Å². The summed E-state index contributed by atoms with van der Waals surface area (Å²) in [6.07, 6.45) is 0. The molecule has 0 saturated carbocycles. The molecule has 0 spiro atoms. The number of phenolic OH excluding ortho intramolecular Hbond substituents is 1. The summed E-state index contributed by atoms with van der Waals surface area (Å²) >= 11 is 6.07. The Bertz CT molecular complexity index is 740. The van der Waals surface area contributed by atoms with E-state index in [9.17, 15) is 5.11 Å². The van der Waals surface area contributed by atoms with Gasteiger partial charge in [0.05, 0.1) is 22.3 Å². The van der Waals surface area contributed by atoms with Crippen molar-refractivity contribution in [2.75, 3.05) is 12.1 Å². The molecule has 0 fully saturated rings. The molecule has 0 atom stereocenters. The molecule has 106 valence electrons. The van der Waals surface area contributed by atoms with Gasteiger partial charge in [0.1, 0.15) is 5.75 Å². The Balaban J connectivity index is 1.81. The molecule has 21 heavy (non-hydrogen) atoms. The summed E-state index contributed by atoms with van der Waals surface area (Å²) < 4.78 is 10.5. The largest absolute Gasteiger partial charge is 0.507 e. The number of nitrogens with one attached hydrogen (secondary N) is 1. The molecule has 2 aromatic rings. The van der Waals surface area contributed by atoms with Gasteiger partial charge in [0, 0.05) is 18.2 Å². The number of rotatable bonds is 3. The monoisotopic (exact) mass is 302 g/mol. The van der Waals surface area contributed by atoms with Crippen LogP contribution >= 0.6 is 11.6 Å². The van der Waals surface area contributed by atoms with E-state index in [1.165, 1.54) is 6.07 Å². The number of nitriles is 1. The Hall–Kier alpha value is -2.58. The van der Waals surface area contributed by atoms with Crippen molar-refractivity contribution in [1.29, 1.82) is 5.26 Å². The number of hydrogen-bond acceptors (Lipinski definition) is 5. The highest BCUT2D eigenvalue weighted by Crippen LogP contribution is 2.38. The fourth-order valence-electron chi connectivity index (χ4n) is 2.04. The lowest BCUT2D eigenvalue weighted by molar-refractivity contribution is 0.174. The summed E-state index contributed by atoms with van der Waals surface area (Å²) in [6, 6.07) is 10.2. The number of nitrogens with zero attached hydrogens (tertiary/aromatic N) is 1. The molecule has 2 N–H and O–H groups in total. The van der Waals surface area contributed by atoms with Crippen molar-refractivity contribution in [1.82, 2.24) is 0 Å². The van der Waals surface area contributed by atoms with Gasteiger partial charge in [-0.3, -0.25) is 0 Å². The number of phenols is 1. The quantitative estimate of drug-likeness (QED) is 0.910. The van der Waals surface area contributed by atoms with Crippen LogP contribution < -0.4 is 14.8 Å². The van der Waals surface area contributed by atoms with Crippen molar-refractivity contribution < 1.29 is 14.6 Å². The van der Waals surface area contributed by atoms with Gasteiger partial charge in [0.15, 0.2) is 11.5 Å². The SMILES string of the molecule is N#Cc1ccc(Cl)c(NCc2cc3c(cc2O)OCO3)c1. The molecule has 3 rings (SSSR count). The van der Waals surface area contributed by atoms with Gasteiger partial charge in [-0.1, -0.05) is 11.6 Å². The van der Waals surface area contributed by atoms with Gasteiger partial charge in [-0.25, -0.2) is 0 Å². The van der Waals surface area contributed by atoms with Crippen LogP contribution in [-0.2, 0) is 6.54 Å². The first-order valence-electron chi connectivity index (χ1n) is 6.22. The van der Waals surface area contributed by atoms with Gasteiger partial charge in [0.25, 0.3) is 0 Å². The van der Waals surface area contributed by atoms with Crippen LogP contribution in [0.2, 0.25) is 5.02 Å². The molecule has 1 heterocycles. The van der Waals surface area contributed by atoms with E-state index < -0.39 is 0 Å². The van der Waals surface area contributed by atoms with E-state index in [4.69, 9.17) is 26.3 Å². The number of ether oxygens (including phenoxy) is 2. The highest BCUT2D eigenvalue weighted by atomic mass is 35.5. The average Bonchev–Trinajstić information content (AvgIpc) is 2.93. The summed E-state index contributed by atoms with van der Waals surface area (Å²) in [4.78, 5) is 0. The molecule has 0 bridgehead atoms. The van der Waals surface area contributed by atoms with Crippen molar-refractivity contribution in [3.63, 3.8) is 0 Å². The van der Waals surface area contributed by atoms with Crippen LogP contribution in [0.3, 0.4) is 0 Å². The Morgan fingerprint density at radius 2 is 2.00 bits per heavy atom. The summed E-state index contributed by atoms with van der Waals surface area (Å²) in [5.74, 6) is 1.24. The molecular formula is C15H11ClN2O3. The first-order chi connectivity index (χ1) is 10.2. The minimum Gasteiger partial charge on any atom is -0.507 e. The summed E-state index contributed by atoms with van der Waals surface area (Å²) in [7, 11) is 0. The molecule has 0 radical (unpaired) electrons. The van der Waals surface area contributed by atoms with Crippen LogP contribution in [0.25, 0.3) is 0 Å². The highest BCUT2D eigenvalue weighted by Gasteiger charge is 2.17. The lowest BCUT2D eigenvalue weighted by atomic mass is 10.1. The molecule has 0 saturated heterocycles. The van der Waals surface area contributed by atoms with Crippen molar-refractivity contribution in [2.45, 2.75) is 6.54 Å². The molecule has 0 amide bonds. The molecule has 5 nitrogen and oxygen atoms in total. The highest BCUT2D eigenvalue weighted by molar-refractivity contribution is 6.33. The second-order valence-electron chi connectivity index (χ2n) is 4.49. The second kappa shape index (κ2) is 5.43.